The molecule has 0 saturated heterocycles. The number of ether oxygens (including phenoxy) is 1. The van der Waals surface area contributed by atoms with Crippen molar-refractivity contribution < 1.29 is 9.53 Å². The molecule has 1 rings (SSSR count). The third-order valence-electron chi connectivity index (χ3n) is 1.28. The molecule has 0 bridgehead atoms. The second-order valence-electron chi connectivity index (χ2n) is 2.09. The molecule has 3 heteroatoms. The molecule has 0 spiro atoms. The van der Waals surface area contributed by atoms with Crippen molar-refractivity contribution in [3.63, 3.8) is 0 Å². The molecule has 1 aromatic rings. The highest BCUT2D eigenvalue weighted by atomic mass is 79.9. The van der Waals surface area contributed by atoms with Crippen LogP contribution in [0.1, 0.15) is 17.3 Å². The van der Waals surface area contributed by atoms with Gasteiger partial charge < -0.3 is 4.74 Å². The van der Waals surface area contributed by atoms with Gasteiger partial charge in [-0.05, 0) is 19.1 Å². The van der Waals surface area contributed by atoms with E-state index in [1.54, 1.807) is 19.1 Å². The minimum Gasteiger partial charge on any atom is -0.462 e. The van der Waals surface area contributed by atoms with E-state index in [1.165, 1.54) is 0 Å². The zero-order chi connectivity index (χ0) is 8.10. The number of esters is 1. The molecule has 1 aromatic carbocycles. The average Bonchev–Trinajstić information content (AvgIpc) is 2.07. The molecule has 0 unspecified atom stereocenters. The Morgan fingerprint density at radius 3 is 2.42 bits per heavy atom. The Bertz CT molecular complexity index is 234. The van der Waals surface area contributed by atoms with E-state index in [0.29, 0.717) is 12.2 Å². The van der Waals surface area contributed by atoms with Gasteiger partial charge in [0.1, 0.15) is 0 Å². The highest BCUT2D eigenvalue weighted by molar-refractivity contribution is 8.93. The second kappa shape index (κ2) is 5.77. The van der Waals surface area contributed by atoms with E-state index < -0.39 is 0 Å². The smallest absolute Gasteiger partial charge is 0.338 e. The van der Waals surface area contributed by atoms with E-state index in [1.807, 2.05) is 18.2 Å². The maximum Gasteiger partial charge on any atom is 0.338 e. The van der Waals surface area contributed by atoms with Crippen molar-refractivity contribution in [3.05, 3.63) is 35.9 Å². The van der Waals surface area contributed by atoms with Gasteiger partial charge in [0.05, 0.1) is 12.2 Å². The second-order valence-corrected chi connectivity index (χ2v) is 2.09. The molecule has 0 atom stereocenters. The Labute approximate surface area is 82.3 Å². The molecule has 0 N–H and O–H groups in total. The number of hydrogen-bond acceptors (Lipinski definition) is 2. The number of rotatable bonds is 2. The van der Waals surface area contributed by atoms with Gasteiger partial charge in [-0.25, -0.2) is 4.79 Å². The Hall–Kier alpha value is -0.830. The summed E-state index contributed by atoms with van der Waals surface area (Å²) >= 11 is 0. The first kappa shape index (κ1) is 11.2. The molecule has 0 aliphatic heterocycles. The number of hydrogen-bond donors (Lipinski definition) is 0. The van der Waals surface area contributed by atoms with Crippen LogP contribution in [0, 0.1) is 0 Å². The number of halogens is 1. The van der Waals surface area contributed by atoms with Gasteiger partial charge in [0.2, 0.25) is 0 Å². The Kier molecular flexibility index (Phi) is 5.37. The van der Waals surface area contributed by atoms with E-state index in [0.717, 1.165) is 0 Å². The lowest BCUT2D eigenvalue weighted by Gasteiger charge is -1.99. The molecule has 0 radical (unpaired) electrons. The monoisotopic (exact) mass is 230 g/mol. The molecule has 0 saturated carbocycles. The predicted molar refractivity (Wildman–Crippen MR) is 52.7 cm³/mol. The Morgan fingerprint density at radius 2 is 1.92 bits per heavy atom. The van der Waals surface area contributed by atoms with Gasteiger partial charge in [-0.1, -0.05) is 18.2 Å². The minimum absolute atomic E-state index is 0. The fraction of sp³-hybridized carbons (Fsp3) is 0.222. The van der Waals surface area contributed by atoms with E-state index >= 15 is 0 Å². The largest absolute Gasteiger partial charge is 0.462 e. The van der Waals surface area contributed by atoms with Crippen LogP contribution in [0.3, 0.4) is 0 Å². The summed E-state index contributed by atoms with van der Waals surface area (Å²) in [7, 11) is 0. The molecule has 66 valence electrons. The zero-order valence-corrected chi connectivity index (χ0v) is 8.53. The molecule has 0 heterocycles. The first-order valence-electron chi connectivity index (χ1n) is 3.56. The summed E-state index contributed by atoms with van der Waals surface area (Å²) in [4.78, 5) is 11.0. The van der Waals surface area contributed by atoms with Gasteiger partial charge in [0, 0.05) is 0 Å². The van der Waals surface area contributed by atoms with Gasteiger partial charge in [0.25, 0.3) is 0 Å². The van der Waals surface area contributed by atoms with E-state index in [4.69, 9.17) is 4.74 Å². The van der Waals surface area contributed by atoms with E-state index in [9.17, 15) is 4.79 Å². The fourth-order valence-corrected chi connectivity index (χ4v) is 0.789. The van der Waals surface area contributed by atoms with Gasteiger partial charge in [-0.2, -0.15) is 0 Å². The van der Waals surface area contributed by atoms with Crippen LogP contribution < -0.4 is 0 Å². The lowest BCUT2D eigenvalue weighted by atomic mass is 10.2. The lowest BCUT2D eigenvalue weighted by molar-refractivity contribution is 0.0526. The van der Waals surface area contributed by atoms with Crippen LogP contribution in [-0.2, 0) is 4.74 Å². The summed E-state index contributed by atoms with van der Waals surface area (Å²) in [5.74, 6) is -0.256. The fourth-order valence-electron chi connectivity index (χ4n) is 0.789. The maximum atomic E-state index is 11.0. The average molecular weight is 231 g/mol. The summed E-state index contributed by atoms with van der Waals surface area (Å²) in [6.07, 6.45) is 0. The molecule has 0 fully saturated rings. The van der Waals surface area contributed by atoms with Crippen molar-refractivity contribution >= 4 is 23.0 Å². The summed E-state index contributed by atoms with van der Waals surface area (Å²) < 4.78 is 4.79. The van der Waals surface area contributed by atoms with E-state index in [-0.39, 0.29) is 23.0 Å². The van der Waals surface area contributed by atoms with Gasteiger partial charge >= 0.3 is 5.97 Å². The Morgan fingerprint density at radius 1 is 1.33 bits per heavy atom. The standard InChI is InChI=1S/C9H10O2.BrH/c1-2-11-9(10)8-6-4-3-5-7-8;/h3-7H,2H2,1H3;1H. The first-order valence-corrected chi connectivity index (χ1v) is 3.56. The predicted octanol–water partition coefficient (Wildman–Crippen LogP) is 2.44. The topological polar surface area (TPSA) is 26.3 Å². The number of benzene rings is 1. The third-order valence-corrected chi connectivity index (χ3v) is 1.28. The normalized spacial score (nSPS) is 8.42. The third kappa shape index (κ3) is 3.05. The summed E-state index contributed by atoms with van der Waals surface area (Å²) in [6, 6.07) is 8.96. The molecule has 0 aliphatic rings. The van der Waals surface area contributed by atoms with Crippen LogP contribution >= 0.6 is 17.0 Å². The SMILES string of the molecule is Br.CCOC(=O)c1ccccc1. The Balaban J connectivity index is 0.00000121. The van der Waals surface area contributed by atoms with E-state index in [2.05, 4.69) is 0 Å². The molecule has 12 heavy (non-hydrogen) atoms. The molecular weight excluding hydrogens is 220 g/mol. The highest BCUT2D eigenvalue weighted by Gasteiger charge is 2.02. The van der Waals surface area contributed by atoms with Gasteiger partial charge in [0.15, 0.2) is 0 Å². The van der Waals surface area contributed by atoms with Crippen LogP contribution in [0.4, 0.5) is 0 Å². The number of carbonyl (C=O) groups excluding carboxylic acids is 1. The minimum atomic E-state index is -0.256. The molecule has 0 amide bonds. The molecular formula is C9H11BrO2. The zero-order valence-electron chi connectivity index (χ0n) is 6.82. The van der Waals surface area contributed by atoms with Crippen molar-refractivity contribution in [2.75, 3.05) is 6.61 Å². The first-order chi connectivity index (χ1) is 5.34. The van der Waals surface area contributed by atoms with Crippen LogP contribution in [0.25, 0.3) is 0 Å². The molecule has 0 aliphatic carbocycles. The molecule has 2 nitrogen and oxygen atoms in total. The van der Waals surface area contributed by atoms with Crippen LogP contribution in [0.15, 0.2) is 30.3 Å². The number of carbonyl (C=O) groups is 1. The quantitative estimate of drug-likeness (QED) is 0.730. The van der Waals surface area contributed by atoms with Crippen molar-refractivity contribution in [2.45, 2.75) is 6.92 Å². The van der Waals surface area contributed by atoms with Gasteiger partial charge in [-0.3, -0.25) is 0 Å². The summed E-state index contributed by atoms with van der Waals surface area (Å²) in [6.45, 7) is 2.22. The van der Waals surface area contributed by atoms with Crippen molar-refractivity contribution in [1.29, 1.82) is 0 Å². The van der Waals surface area contributed by atoms with Gasteiger partial charge in [-0.15, -0.1) is 17.0 Å². The summed E-state index contributed by atoms with van der Waals surface area (Å²) in [5.41, 5.74) is 0.606. The highest BCUT2D eigenvalue weighted by Crippen LogP contribution is 1.99. The van der Waals surface area contributed by atoms with Crippen LogP contribution in [0.5, 0.6) is 0 Å². The molecule has 0 aromatic heterocycles. The van der Waals surface area contributed by atoms with Crippen molar-refractivity contribution in [1.82, 2.24) is 0 Å². The maximum absolute atomic E-state index is 11.0. The summed E-state index contributed by atoms with van der Waals surface area (Å²) in [5, 5.41) is 0. The van der Waals surface area contributed by atoms with Crippen molar-refractivity contribution in [3.8, 4) is 0 Å². The lowest BCUT2D eigenvalue weighted by Crippen LogP contribution is -2.03. The van der Waals surface area contributed by atoms with Crippen molar-refractivity contribution in [2.24, 2.45) is 0 Å². The van der Waals surface area contributed by atoms with Crippen LogP contribution in [0.2, 0.25) is 0 Å². The van der Waals surface area contributed by atoms with Crippen LogP contribution in [-0.4, -0.2) is 12.6 Å².